The number of carboxylic acids is 1. The number of nitrogens with one attached hydrogen (secondary N) is 1. The Kier molecular flexibility index (Phi) is 3.55. The predicted molar refractivity (Wildman–Crippen MR) is 68.2 cm³/mol. The molecular formula is C13H20N2O5. The number of aliphatic carboxylic acids is 1. The largest absolute Gasteiger partial charge is 0.480 e. The number of aliphatic hydroxyl groups excluding tert-OH is 1. The number of amides is 2. The third-order valence-electron chi connectivity index (χ3n) is 4.36. The Morgan fingerprint density at radius 3 is 2.65 bits per heavy atom. The maximum atomic E-state index is 12.2. The van der Waals surface area contributed by atoms with Gasteiger partial charge < -0.3 is 25.2 Å². The number of hydrogen-bond donors (Lipinski definition) is 3. The molecule has 0 bridgehead atoms. The fourth-order valence-corrected chi connectivity index (χ4v) is 3.17. The van der Waals surface area contributed by atoms with E-state index in [1.165, 1.54) is 4.90 Å². The van der Waals surface area contributed by atoms with E-state index in [0.29, 0.717) is 12.5 Å². The van der Waals surface area contributed by atoms with Crippen LogP contribution in [0.15, 0.2) is 0 Å². The van der Waals surface area contributed by atoms with E-state index in [9.17, 15) is 14.7 Å². The predicted octanol–water partition coefficient (Wildman–Crippen LogP) is -0.217. The van der Waals surface area contributed by atoms with Crippen LogP contribution in [-0.2, 0) is 9.53 Å². The smallest absolute Gasteiger partial charge is 0.326 e. The van der Waals surface area contributed by atoms with Gasteiger partial charge in [0, 0.05) is 19.6 Å². The normalized spacial score (nSPS) is 37.1. The summed E-state index contributed by atoms with van der Waals surface area (Å²) in [6.45, 7) is 0.710. The van der Waals surface area contributed by atoms with Gasteiger partial charge in [0.1, 0.15) is 6.04 Å². The topological polar surface area (TPSA) is 99.1 Å². The van der Waals surface area contributed by atoms with Crippen molar-refractivity contribution < 1.29 is 24.5 Å². The first-order valence-corrected chi connectivity index (χ1v) is 7.16. The lowest BCUT2D eigenvalue weighted by molar-refractivity contribution is -0.141. The number of likely N-dealkylation sites (tertiary alicyclic amines) is 1. The fraction of sp³-hybridized carbons (Fsp3) is 0.846. The van der Waals surface area contributed by atoms with E-state index in [4.69, 9.17) is 9.84 Å². The number of carbonyl (C=O) groups excluding carboxylic acids is 1. The van der Waals surface area contributed by atoms with Crippen molar-refractivity contribution in [3.8, 4) is 0 Å². The van der Waals surface area contributed by atoms with Gasteiger partial charge in [-0.15, -0.1) is 0 Å². The first-order valence-electron chi connectivity index (χ1n) is 7.16. The summed E-state index contributed by atoms with van der Waals surface area (Å²) in [5.74, 6) is -0.541. The van der Waals surface area contributed by atoms with Gasteiger partial charge in [-0.3, -0.25) is 0 Å². The van der Waals surface area contributed by atoms with E-state index in [-0.39, 0.29) is 25.1 Å². The number of β-amino-alcohol motifs (C(OH)–C–C–N with tert-alkyl or cyclic N) is 1. The van der Waals surface area contributed by atoms with Gasteiger partial charge in [0.25, 0.3) is 0 Å². The second kappa shape index (κ2) is 5.21. The molecule has 2 heterocycles. The maximum absolute atomic E-state index is 12.2. The van der Waals surface area contributed by atoms with E-state index in [2.05, 4.69) is 5.32 Å². The Labute approximate surface area is 116 Å². The van der Waals surface area contributed by atoms with Gasteiger partial charge in [0.2, 0.25) is 0 Å². The van der Waals surface area contributed by atoms with Crippen molar-refractivity contribution in [2.24, 2.45) is 5.92 Å². The second-order valence-electron chi connectivity index (χ2n) is 5.91. The number of carboxylic acid groups (broad SMARTS) is 1. The number of carbonyl (C=O) groups is 2. The van der Waals surface area contributed by atoms with Gasteiger partial charge in [-0.1, -0.05) is 0 Å². The van der Waals surface area contributed by atoms with Crippen molar-refractivity contribution in [3.05, 3.63) is 0 Å². The molecule has 1 aliphatic carbocycles. The van der Waals surface area contributed by atoms with Crippen molar-refractivity contribution in [1.82, 2.24) is 10.2 Å². The van der Waals surface area contributed by atoms with Crippen molar-refractivity contribution >= 4 is 12.0 Å². The van der Waals surface area contributed by atoms with Crippen LogP contribution in [0.5, 0.6) is 0 Å². The monoisotopic (exact) mass is 284 g/mol. The molecule has 0 aromatic heterocycles. The lowest BCUT2D eigenvalue weighted by Crippen LogP contribution is -2.51. The molecule has 7 nitrogen and oxygen atoms in total. The van der Waals surface area contributed by atoms with Gasteiger partial charge in [0.05, 0.1) is 18.2 Å². The molecular weight excluding hydrogens is 264 g/mol. The number of rotatable bonds is 3. The van der Waals surface area contributed by atoms with Crippen LogP contribution in [0.4, 0.5) is 4.79 Å². The Morgan fingerprint density at radius 2 is 2.00 bits per heavy atom. The summed E-state index contributed by atoms with van der Waals surface area (Å²) >= 11 is 0. The summed E-state index contributed by atoms with van der Waals surface area (Å²) in [5.41, 5.74) is 0. The van der Waals surface area contributed by atoms with E-state index < -0.39 is 24.1 Å². The second-order valence-corrected chi connectivity index (χ2v) is 5.91. The maximum Gasteiger partial charge on any atom is 0.326 e. The molecule has 3 N–H and O–H groups in total. The quantitative estimate of drug-likeness (QED) is 0.665. The van der Waals surface area contributed by atoms with Crippen LogP contribution in [0, 0.1) is 5.92 Å². The SMILES string of the molecule is O=C(O)[C@@H]1C[C@H](O)CN1C(=O)NC1CCOC1C1CC1. The molecule has 7 heteroatoms. The first-order chi connectivity index (χ1) is 9.56. The Balaban J connectivity index is 1.61. The molecule has 20 heavy (non-hydrogen) atoms. The molecule has 2 amide bonds. The summed E-state index contributed by atoms with van der Waals surface area (Å²) in [7, 11) is 0. The number of ether oxygens (including phenoxy) is 1. The van der Waals surface area contributed by atoms with Crippen molar-refractivity contribution in [2.45, 2.75) is 50.0 Å². The zero-order valence-corrected chi connectivity index (χ0v) is 11.2. The molecule has 0 aromatic carbocycles. The molecule has 0 spiro atoms. The fourth-order valence-electron chi connectivity index (χ4n) is 3.17. The van der Waals surface area contributed by atoms with Gasteiger partial charge in [-0.05, 0) is 25.2 Å². The van der Waals surface area contributed by atoms with Crippen LogP contribution in [0.2, 0.25) is 0 Å². The van der Waals surface area contributed by atoms with Crippen molar-refractivity contribution in [2.75, 3.05) is 13.2 Å². The average Bonchev–Trinajstić information content (AvgIpc) is 3.00. The highest BCUT2D eigenvalue weighted by molar-refractivity contribution is 5.83. The first kappa shape index (κ1) is 13.6. The zero-order chi connectivity index (χ0) is 14.3. The third-order valence-corrected chi connectivity index (χ3v) is 4.36. The van der Waals surface area contributed by atoms with Crippen molar-refractivity contribution in [1.29, 1.82) is 0 Å². The van der Waals surface area contributed by atoms with Crippen LogP contribution >= 0.6 is 0 Å². The summed E-state index contributed by atoms with van der Waals surface area (Å²) in [6.07, 6.45) is 2.43. The molecule has 1 saturated carbocycles. The molecule has 3 rings (SSSR count). The highest BCUT2D eigenvalue weighted by Gasteiger charge is 2.44. The molecule has 2 aliphatic heterocycles. The van der Waals surface area contributed by atoms with Crippen LogP contribution < -0.4 is 5.32 Å². The molecule has 2 saturated heterocycles. The number of nitrogens with zero attached hydrogens (tertiary/aromatic N) is 1. The molecule has 0 aromatic rings. The summed E-state index contributed by atoms with van der Waals surface area (Å²) in [4.78, 5) is 24.6. The van der Waals surface area contributed by atoms with E-state index in [0.717, 1.165) is 19.3 Å². The van der Waals surface area contributed by atoms with Crippen LogP contribution in [0.3, 0.4) is 0 Å². The summed E-state index contributed by atoms with van der Waals surface area (Å²) < 4.78 is 5.65. The van der Waals surface area contributed by atoms with Gasteiger partial charge >= 0.3 is 12.0 Å². The average molecular weight is 284 g/mol. The molecule has 0 radical (unpaired) electrons. The van der Waals surface area contributed by atoms with Crippen LogP contribution in [0.1, 0.15) is 25.7 Å². The minimum atomic E-state index is -1.07. The number of hydrogen-bond acceptors (Lipinski definition) is 4. The minimum absolute atomic E-state index is 0.0396. The summed E-state index contributed by atoms with van der Waals surface area (Å²) in [6, 6.07) is -1.39. The van der Waals surface area contributed by atoms with Crippen molar-refractivity contribution in [3.63, 3.8) is 0 Å². The van der Waals surface area contributed by atoms with Gasteiger partial charge in [-0.25, -0.2) is 9.59 Å². The lowest BCUT2D eigenvalue weighted by Gasteiger charge is -2.26. The van der Waals surface area contributed by atoms with Crippen LogP contribution in [-0.4, -0.2) is 64.6 Å². The number of aliphatic hydroxyl groups is 1. The van der Waals surface area contributed by atoms with Gasteiger partial charge in [-0.2, -0.15) is 0 Å². The molecule has 3 fully saturated rings. The molecule has 112 valence electrons. The molecule has 3 aliphatic rings. The highest BCUT2D eigenvalue weighted by atomic mass is 16.5. The highest BCUT2D eigenvalue weighted by Crippen LogP contribution is 2.38. The molecule has 2 unspecified atom stereocenters. The molecule has 4 atom stereocenters. The van der Waals surface area contributed by atoms with E-state index >= 15 is 0 Å². The minimum Gasteiger partial charge on any atom is -0.480 e. The Bertz CT molecular complexity index is 412. The van der Waals surface area contributed by atoms with E-state index in [1.54, 1.807) is 0 Å². The Morgan fingerprint density at radius 1 is 1.25 bits per heavy atom. The number of urea groups is 1. The lowest BCUT2D eigenvalue weighted by atomic mass is 10.1. The van der Waals surface area contributed by atoms with E-state index in [1.807, 2.05) is 0 Å². The summed E-state index contributed by atoms with van der Waals surface area (Å²) in [5, 5.41) is 21.6. The standard InChI is InChI=1S/C13H20N2O5/c16-8-5-10(12(17)18)15(6-8)13(19)14-9-3-4-20-11(9)7-1-2-7/h7-11,16H,1-6H2,(H,14,19)(H,17,18)/t8-,9?,10-,11?/m0/s1. The third kappa shape index (κ3) is 2.60. The zero-order valence-electron chi connectivity index (χ0n) is 11.2. The van der Waals surface area contributed by atoms with Crippen LogP contribution in [0.25, 0.3) is 0 Å². The van der Waals surface area contributed by atoms with Gasteiger partial charge in [0.15, 0.2) is 0 Å². The Hall–Kier alpha value is -1.34.